The van der Waals surface area contributed by atoms with Crippen LogP contribution in [0.4, 0.5) is 4.39 Å². The molecule has 1 fully saturated rings. The largest absolute Gasteiger partial charge is 0.352 e. The third-order valence-corrected chi connectivity index (χ3v) is 4.19. The number of aromatic amines is 1. The van der Waals surface area contributed by atoms with Crippen molar-refractivity contribution in [2.24, 2.45) is 0 Å². The fraction of sp³-hybridized carbons (Fsp3) is 0.455. The summed E-state index contributed by atoms with van der Waals surface area (Å²) in [6.07, 6.45) is 2.59. The number of hydrogen-bond donors (Lipinski definition) is 3. The summed E-state index contributed by atoms with van der Waals surface area (Å²) in [4.78, 5) is 36.0. The van der Waals surface area contributed by atoms with Crippen molar-refractivity contribution in [3.8, 4) is 0 Å². The molecule has 2 aromatic rings. The predicted molar refractivity (Wildman–Crippen MR) is 78.1 cm³/mol. The van der Waals surface area contributed by atoms with Crippen LogP contribution in [0, 0.1) is 5.82 Å². The topological polar surface area (TPSA) is 110 Å². The molecule has 0 aromatic carbocycles. The van der Waals surface area contributed by atoms with Crippen LogP contribution in [-0.2, 0) is 21.1 Å². The van der Waals surface area contributed by atoms with Crippen LogP contribution in [0.25, 0.3) is 11.0 Å². The van der Waals surface area contributed by atoms with Crippen LogP contribution >= 0.6 is 6.72 Å². The van der Waals surface area contributed by atoms with Gasteiger partial charge in [0.05, 0.1) is 19.0 Å². The first-order chi connectivity index (χ1) is 10.3. The van der Waals surface area contributed by atoms with Crippen LogP contribution < -0.4 is 5.56 Å². The number of fused-ring (bicyclic) bond motifs is 1. The number of ether oxygens (including phenoxy) is 1. The molecule has 22 heavy (non-hydrogen) atoms. The van der Waals surface area contributed by atoms with E-state index in [2.05, 4.69) is 21.8 Å². The maximum absolute atomic E-state index is 13.9. The van der Waals surface area contributed by atoms with Crippen molar-refractivity contribution in [2.45, 2.75) is 25.2 Å². The number of halogens is 1. The minimum Gasteiger partial charge on any atom is -0.352 e. The minimum absolute atomic E-state index is 0.0591. The fourth-order valence-corrected chi connectivity index (χ4v) is 3.01. The molecule has 1 aliphatic rings. The lowest BCUT2D eigenvalue weighted by molar-refractivity contribution is -0.0178. The van der Waals surface area contributed by atoms with Crippen LogP contribution in [0.3, 0.4) is 0 Å². The molecule has 1 aliphatic heterocycles. The van der Waals surface area contributed by atoms with Gasteiger partial charge in [-0.05, 0) is 24.6 Å². The van der Waals surface area contributed by atoms with Crippen molar-refractivity contribution in [1.82, 2.24) is 14.5 Å². The molecule has 3 heterocycles. The third kappa shape index (κ3) is 3.12. The maximum Gasteiger partial charge on any atom is 0.321 e. The standard InChI is InChI=1S/C11H13FN3O5PS/c12-7-3-15(10-9(7)11(16)14-5-13-10)8-2-1-6(20-8)4-19-21(17,18)22/h3,5-6,8H,1-2,4H2,(H,13,14,16)(H2,17,18,22)/t6?,8-/m1/s1. The number of H-pyrrole nitrogens is 1. The number of rotatable bonds is 4. The van der Waals surface area contributed by atoms with Gasteiger partial charge in [0.25, 0.3) is 5.56 Å². The average molecular weight is 349 g/mol. The average Bonchev–Trinajstić information content (AvgIpc) is 3.01. The predicted octanol–water partition coefficient (Wildman–Crippen LogP) is 0.767. The van der Waals surface area contributed by atoms with E-state index in [9.17, 15) is 9.18 Å². The number of nitrogens with one attached hydrogen (secondary N) is 1. The van der Waals surface area contributed by atoms with Gasteiger partial charge < -0.3 is 28.6 Å². The van der Waals surface area contributed by atoms with E-state index in [4.69, 9.17) is 19.0 Å². The molecule has 2 aromatic heterocycles. The summed E-state index contributed by atoms with van der Waals surface area (Å²) in [5.74, 6) is -0.672. The van der Waals surface area contributed by atoms with Gasteiger partial charge in [-0.25, -0.2) is 9.37 Å². The van der Waals surface area contributed by atoms with Crippen molar-refractivity contribution in [3.05, 3.63) is 28.7 Å². The van der Waals surface area contributed by atoms with Crippen molar-refractivity contribution in [2.75, 3.05) is 6.61 Å². The van der Waals surface area contributed by atoms with Crippen LogP contribution in [0.2, 0.25) is 0 Å². The molecule has 2 atom stereocenters. The summed E-state index contributed by atoms with van der Waals surface area (Å²) in [6, 6.07) is 0. The Kier molecular flexibility index (Phi) is 4.15. The van der Waals surface area contributed by atoms with Gasteiger partial charge in [-0.2, -0.15) is 0 Å². The van der Waals surface area contributed by atoms with Crippen molar-refractivity contribution in [1.29, 1.82) is 0 Å². The van der Waals surface area contributed by atoms with E-state index < -0.39 is 30.4 Å². The molecule has 0 bridgehead atoms. The Morgan fingerprint density at radius 1 is 1.59 bits per heavy atom. The summed E-state index contributed by atoms with van der Waals surface area (Å²) >= 11 is 4.36. The smallest absolute Gasteiger partial charge is 0.321 e. The van der Waals surface area contributed by atoms with Gasteiger partial charge in [0.1, 0.15) is 11.6 Å². The van der Waals surface area contributed by atoms with E-state index in [1.165, 1.54) is 17.1 Å². The van der Waals surface area contributed by atoms with Gasteiger partial charge >= 0.3 is 6.72 Å². The highest BCUT2D eigenvalue weighted by Gasteiger charge is 2.30. The quantitative estimate of drug-likeness (QED) is 0.699. The zero-order valence-electron chi connectivity index (χ0n) is 11.2. The second-order valence-corrected chi connectivity index (χ2v) is 7.56. The molecule has 0 aliphatic carbocycles. The SMILES string of the molecule is O=c1[nH]cnc2c1c(F)cn2[C@H]1CCC(COP(O)(O)=S)O1. The van der Waals surface area contributed by atoms with Crippen LogP contribution in [0.15, 0.2) is 17.3 Å². The number of hydrogen-bond acceptors (Lipinski definition) is 5. The Bertz CT molecular complexity index is 803. The second kappa shape index (κ2) is 5.80. The van der Waals surface area contributed by atoms with Crippen LogP contribution in [0.5, 0.6) is 0 Å². The second-order valence-electron chi connectivity index (χ2n) is 4.89. The lowest BCUT2D eigenvalue weighted by Gasteiger charge is -2.16. The normalized spacial score (nSPS) is 22.5. The lowest BCUT2D eigenvalue weighted by Crippen LogP contribution is -2.16. The first kappa shape index (κ1) is 15.7. The summed E-state index contributed by atoms with van der Waals surface area (Å²) in [7, 11) is 0. The molecule has 3 rings (SSSR count). The molecule has 11 heteroatoms. The van der Waals surface area contributed by atoms with Gasteiger partial charge in [0.15, 0.2) is 11.5 Å². The highest BCUT2D eigenvalue weighted by molar-refractivity contribution is 8.06. The monoisotopic (exact) mass is 349 g/mol. The van der Waals surface area contributed by atoms with Crippen molar-refractivity contribution < 1.29 is 23.4 Å². The maximum atomic E-state index is 13.9. The molecule has 8 nitrogen and oxygen atoms in total. The van der Waals surface area contributed by atoms with Gasteiger partial charge in [-0.15, -0.1) is 0 Å². The molecular weight excluding hydrogens is 336 g/mol. The lowest BCUT2D eigenvalue weighted by atomic mass is 10.2. The zero-order valence-corrected chi connectivity index (χ0v) is 12.9. The highest BCUT2D eigenvalue weighted by atomic mass is 32.5. The first-order valence-corrected chi connectivity index (χ1v) is 9.07. The van der Waals surface area contributed by atoms with E-state index >= 15 is 0 Å². The Labute approximate surface area is 128 Å². The summed E-state index contributed by atoms with van der Waals surface area (Å²) < 4.78 is 25.8. The van der Waals surface area contributed by atoms with Gasteiger partial charge in [0, 0.05) is 6.20 Å². The molecule has 0 amide bonds. The molecule has 1 unspecified atom stereocenters. The van der Waals surface area contributed by atoms with E-state index in [0.717, 1.165) is 0 Å². The zero-order chi connectivity index (χ0) is 15.9. The van der Waals surface area contributed by atoms with E-state index in [1.54, 1.807) is 0 Å². The van der Waals surface area contributed by atoms with E-state index in [0.29, 0.717) is 12.8 Å². The first-order valence-electron chi connectivity index (χ1n) is 6.44. The molecule has 0 saturated carbocycles. The van der Waals surface area contributed by atoms with Crippen LogP contribution in [0.1, 0.15) is 19.1 Å². The minimum atomic E-state index is -3.72. The van der Waals surface area contributed by atoms with Crippen LogP contribution in [-0.4, -0.2) is 37.0 Å². The Morgan fingerprint density at radius 3 is 3.09 bits per heavy atom. The molecule has 0 radical (unpaired) electrons. The fourth-order valence-electron chi connectivity index (χ4n) is 2.46. The molecule has 3 N–H and O–H groups in total. The third-order valence-electron chi connectivity index (χ3n) is 3.39. The molecule has 1 saturated heterocycles. The Hall–Kier alpha value is -1.16. The highest BCUT2D eigenvalue weighted by Crippen LogP contribution is 2.39. The summed E-state index contributed by atoms with van der Waals surface area (Å²) in [5.41, 5.74) is -0.359. The van der Waals surface area contributed by atoms with E-state index in [1.807, 2.05) is 0 Å². The summed E-state index contributed by atoms with van der Waals surface area (Å²) in [5, 5.41) is -0.119. The Balaban J connectivity index is 1.81. The van der Waals surface area contributed by atoms with Gasteiger partial charge in [-0.3, -0.25) is 4.79 Å². The number of aromatic nitrogens is 3. The van der Waals surface area contributed by atoms with E-state index in [-0.39, 0.29) is 17.6 Å². The van der Waals surface area contributed by atoms with Crippen molar-refractivity contribution >= 4 is 29.6 Å². The van der Waals surface area contributed by atoms with Gasteiger partial charge in [0.2, 0.25) is 0 Å². The molecule has 0 spiro atoms. The number of nitrogens with zero attached hydrogens (tertiary/aromatic N) is 2. The molecule has 120 valence electrons. The van der Waals surface area contributed by atoms with Gasteiger partial charge in [-0.1, -0.05) is 0 Å². The molecular formula is C11H13FN3O5PS. The van der Waals surface area contributed by atoms with Crippen molar-refractivity contribution in [3.63, 3.8) is 0 Å². The Morgan fingerprint density at radius 2 is 2.36 bits per heavy atom. The summed E-state index contributed by atoms with van der Waals surface area (Å²) in [6.45, 7) is -3.78.